The summed E-state index contributed by atoms with van der Waals surface area (Å²) < 4.78 is 6.26. The molecule has 2 aromatic carbocycles. The Labute approximate surface area is 141 Å². The van der Waals surface area contributed by atoms with Crippen LogP contribution >= 0.6 is 15.9 Å². The molecule has 0 amide bonds. The van der Waals surface area contributed by atoms with Crippen LogP contribution in [0.5, 0.6) is 5.75 Å². The second-order valence-electron chi connectivity index (χ2n) is 5.39. The highest BCUT2D eigenvalue weighted by molar-refractivity contribution is 9.10. The van der Waals surface area contributed by atoms with Crippen molar-refractivity contribution in [2.24, 2.45) is 0 Å². The van der Waals surface area contributed by atoms with Crippen molar-refractivity contribution in [1.29, 1.82) is 0 Å². The summed E-state index contributed by atoms with van der Waals surface area (Å²) in [5, 5.41) is 2.15. The fraction of sp³-hybridized carbons (Fsp3) is 0.111. The SMILES string of the molecule is COc1cc2nc(C)nc(-c3cc4ccccc4[nH]3)c2cc1Br. The van der Waals surface area contributed by atoms with Crippen LogP contribution < -0.4 is 4.74 Å². The average molecular weight is 368 g/mol. The second-order valence-corrected chi connectivity index (χ2v) is 6.25. The van der Waals surface area contributed by atoms with Gasteiger partial charge in [-0.1, -0.05) is 18.2 Å². The van der Waals surface area contributed by atoms with Gasteiger partial charge in [-0.25, -0.2) is 9.97 Å². The summed E-state index contributed by atoms with van der Waals surface area (Å²) in [5.74, 6) is 1.49. The number of hydrogen-bond acceptors (Lipinski definition) is 3. The lowest BCUT2D eigenvalue weighted by Gasteiger charge is -2.09. The van der Waals surface area contributed by atoms with Gasteiger partial charge in [0, 0.05) is 22.4 Å². The summed E-state index contributed by atoms with van der Waals surface area (Å²) >= 11 is 3.55. The first-order chi connectivity index (χ1) is 11.2. The van der Waals surface area contributed by atoms with Crippen LogP contribution in [0.3, 0.4) is 0 Å². The molecule has 5 heteroatoms. The number of aromatic amines is 1. The van der Waals surface area contributed by atoms with E-state index in [1.165, 1.54) is 5.39 Å². The van der Waals surface area contributed by atoms with Gasteiger partial charge in [-0.2, -0.15) is 0 Å². The third-order valence-electron chi connectivity index (χ3n) is 3.87. The molecular weight excluding hydrogens is 354 g/mol. The van der Waals surface area contributed by atoms with Crippen LogP contribution in [0, 0.1) is 6.92 Å². The van der Waals surface area contributed by atoms with Crippen molar-refractivity contribution < 1.29 is 4.74 Å². The number of nitrogens with one attached hydrogen (secondary N) is 1. The van der Waals surface area contributed by atoms with Gasteiger partial charge in [-0.15, -0.1) is 0 Å². The fourth-order valence-corrected chi connectivity index (χ4v) is 3.31. The first kappa shape index (κ1) is 14.2. The van der Waals surface area contributed by atoms with Crippen LogP contribution in [-0.2, 0) is 0 Å². The normalized spacial score (nSPS) is 11.3. The van der Waals surface area contributed by atoms with Gasteiger partial charge in [0.25, 0.3) is 0 Å². The maximum atomic E-state index is 5.37. The fourth-order valence-electron chi connectivity index (χ4n) is 2.81. The molecule has 4 rings (SSSR count). The minimum absolute atomic E-state index is 0.732. The Hall–Kier alpha value is -2.40. The molecule has 114 valence electrons. The molecule has 0 aliphatic carbocycles. The summed E-state index contributed by atoms with van der Waals surface area (Å²) in [5.41, 5.74) is 3.84. The van der Waals surface area contributed by atoms with Crippen molar-refractivity contribution in [3.63, 3.8) is 0 Å². The molecule has 0 fully saturated rings. The third kappa shape index (κ3) is 2.37. The maximum Gasteiger partial charge on any atom is 0.135 e. The Morgan fingerprint density at radius 3 is 2.70 bits per heavy atom. The predicted octanol–water partition coefficient (Wildman–Crippen LogP) is 4.86. The standard InChI is InChI=1S/C18H14BrN3O/c1-10-20-15-9-17(23-2)13(19)8-12(15)18(21-10)16-7-11-5-3-4-6-14(11)22-16/h3-9,22H,1-2H3. The maximum absolute atomic E-state index is 5.37. The van der Waals surface area contributed by atoms with E-state index in [9.17, 15) is 0 Å². The molecule has 1 N–H and O–H groups in total. The van der Waals surface area contributed by atoms with Crippen LogP contribution in [0.25, 0.3) is 33.2 Å². The number of fused-ring (bicyclic) bond motifs is 2. The Kier molecular flexibility index (Phi) is 3.31. The van der Waals surface area contributed by atoms with E-state index in [4.69, 9.17) is 4.74 Å². The molecule has 0 atom stereocenters. The zero-order valence-corrected chi connectivity index (χ0v) is 14.3. The molecule has 0 saturated carbocycles. The summed E-state index contributed by atoms with van der Waals surface area (Å²) in [4.78, 5) is 12.6. The molecule has 4 nitrogen and oxygen atoms in total. The topological polar surface area (TPSA) is 50.8 Å². The summed E-state index contributed by atoms with van der Waals surface area (Å²) in [7, 11) is 1.65. The van der Waals surface area contributed by atoms with Crippen LogP contribution in [-0.4, -0.2) is 22.1 Å². The van der Waals surface area contributed by atoms with Crippen LogP contribution in [0.1, 0.15) is 5.82 Å². The second kappa shape index (κ2) is 5.35. The summed E-state index contributed by atoms with van der Waals surface area (Å²) in [6.07, 6.45) is 0. The van der Waals surface area contributed by atoms with Crippen LogP contribution in [0.15, 0.2) is 46.9 Å². The average Bonchev–Trinajstić information content (AvgIpc) is 2.98. The molecular formula is C18H14BrN3O. The first-order valence-corrected chi connectivity index (χ1v) is 8.05. The van der Waals surface area contributed by atoms with Crippen molar-refractivity contribution in [3.8, 4) is 17.1 Å². The molecule has 2 heterocycles. The smallest absolute Gasteiger partial charge is 0.135 e. The van der Waals surface area contributed by atoms with Crippen LogP contribution in [0.2, 0.25) is 0 Å². The number of nitrogens with zero attached hydrogens (tertiary/aromatic N) is 2. The zero-order chi connectivity index (χ0) is 16.0. The number of halogens is 1. The lowest BCUT2D eigenvalue weighted by atomic mass is 10.1. The highest BCUT2D eigenvalue weighted by atomic mass is 79.9. The van der Waals surface area contributed by atoms with Crippen molar-refractivity contribution in [1.82, 2.24) is 15.0 Å². The minimum Gasteiger partial charge on any atom is -0.495 e. The zero-order valence-electron chi connectivity index (χ0n) is 12.7. The molecule has 2 aromatic heterocycles. The highest BCUT2D eigenvalue weighted by Gasteiger charge is 2.13. The van der Waals surface area contributed by atoms with Gasteiger partial charge in [-0.05, 0) is 41.1 Å². The number of para-hydroxylation sites is 1. The van der Waals surface area contributed by atoms with Gasteiger partial charge in [-0.3, -0.25) is 0 Å². The van der Waals surface area contributed by atoms with E-state index in [1.807, 2.05) is 31.2 Å². The van der Waals surface area contributed by atoms with Gasteiger partial charge in [0.2, 0.25) is 0 Å². The molecule has 0 spiro atoms. The van der Waals surface area contributed by atoms with Gasteiger partial charge >= 0.3 is 0 Å². The Morgan fingerprint density at radius 1 is 1.09 bits per heavy atom. The van der Waals surface area contributed by atoms with Crippen molar-refractivity contribution >= 4 is 37.7 Å². The largest absolute Gasteiger partial charge is 0.495 e. The third-order valence-corrected chi connectivity index (χ3v) is 4.49. The number of ether oxygens (including phenoxy) is 1. The van der Waals surface area contributed by atoms with E-state index in [0.717, 1.165) is 43.9 Å². The van der Waals surface area contributed by atoms with E-state index in [0.29, 0.717) is 0 Å². The number of rotatable bonds is 2. The lowest BCUT2D eigenvalue weighted by molar-refractivity contribution is 0.412. The molecule has 0 bridgehead atoms. The van der Waals surface area contributed by atoms with Crippen molar-refractivity contribution in [3.05, 3.63) is 52.8 Å². The van der Waals surface area contributed by atoms with Gasteiger partial charge in [0.1, 0.15) is 11.6 Å². The van der Waals surface area contributed by atoms with Gasteiger partial charge in [0.15, 0.2) is 0 Å². The Balaban J connectivity index is 2.03. The highest BCUT2D eigenvalue weighted by Crippen LogP contribution is 2.34. The quantitative estimate of drug-likeness (QED) is 0.550. The number of H-pyrrole nitrogens is 1. The summed E-state index contributed by atoms with van der Waals surface area (Å²) in [6.45, 7) is 1.90. The van der Waals surface area contributed by atoms with E-state index < -0.39 is 0 Å². The van der Waals surface area contributed by atoms with E-state index in [1.54, 1.807) is 7.11 Å². The van der Waals surface area contributed by atoms with Gasteiger partial charge < -0.3 is 9.72 Å². The molecule has 4 aromatic rings. The summed E-state index contributed by atoms with van der Waals surface area (Å²) in [6, 6.07) is 14.3. The molecule has 0 unspecified atom stereocenters. The molecule has 0 radical (unpaired) electrons. The number of methoxy groups -OCH3 is 1. The number of hydrogen-bond donors (Lipinski definition) is 1. The molecule has 0 saturated heterocycles. The predicted molar refractivity (Wildman–Crippen MR) is 95.8 cm³/mol. The van der Waals surface area contributed by atoms with Crippen LogP contribution in [0.4, 0.5) is 0 Å². The monoisotopic (exact) mass is 367 g/mol. The molecule has 23 heavy (non-hydrogen) atoms. The van der Waals surface area contributed by atoms with E-state index in [2.05, 4.69) is 49.1 Å². The number of aromatic nitrogens is 3. The number of benzene rings is 2. The number of aryl methyl sites for hydroxylation is 1. The lowest BCUT2D eigenvalue weighted by Crippen LogP contribution is -1.95. The van der Waals surface area contributed by atoms with E-state index >= 15 is 0 Å². The Bertz CT molecular complexity index is 1010. The minimum atomic E-state index is 0.732. The first-order valence-electron chi connectivity index (χ1n) is 7.26. The van der Waals surface area contributed by atoms with Crippen molar-refractivity contribution in [2.75, 3.05) is 7.11 Å². The molecule has 0 aliphatic heterocycles. The Morgan fingerprint density at radius 2 is 1.91 bits per heavy atom. The van der Waals surface area contributed by atoms with Crippen molar-refractivity contribution in [2.45, 2.75) is 6.92 Å². The van der Waals surface area contributed by atoms with Gasteiger partial charge in [0.05, 0.1) is 28.5 Å². The van der Waals surface area contributed by atoms with E-state index in [-0.39, 0.29) is 0 Å². The molecule has 0 aliphatic rings.